The van der Waals surface area contributed by atoms with Crippen molar-refractivity contribution in [3.8, 4) is 22.3 Å². The molecule has 0 bridgehead atoms. The number of ether oxygens (including phenoxy) is 1. The SMILES string of the molecule is COC(=O)c1ccc(-c2ccc(-c3ccc(Br)cc3)cc2)cc1. The number of hydrogen-bond donors (Lipinski definition) is 0. The Bertz CT molecular complexity index is 804. The molecule has 0 atom stereocenters. The average molecular weight is 367 g/mol. The molecule has 0 spiro atoms. The maximum atomic E-state index is 11.5. The Hall–Kier alpha value is -2.39. The summed E-state index contributed by atoms with van der Waals surface area (Å²) in [6.07, 6.45) is 0. The van der Waals surface area contributed by atoms with Gasteiger partial charge in [0.1, 0.15) is 0 Å². The fourth-order valence-electron chi connectivity index (χ4n) is 2.41. The molecule has 0 saturated heterocycles. The fourth-order valence-corrected chi connectivity index (χ4v) is 2.68. The van der Waals surface area contributed by atoms with E-state index in [1.165, 1.54) is 18.2 Å². The van der Waals surface area contributed by atoms with Crippen LogP contribution in [0.4, 0.5) is 0 Å². The minimum atomic E-state index is -0.317. The van der Waals surface area contributed by atoms with Gasteiger partial charge in [-0.3, -0.25) is 0 Å². The molecule has 0 N–H and O–H groups in total. The van der Waals surface area contributed by atoms with Crippen LogP contribution >= 0.6 is 15.9 Å². The molecule has 3 aromatic rings. The number of benzene rings is 3. The van der Waals surface area contributed by atoms with Crippen molar-refractivity contribution in [2.45, 2.75) is 0 Å². The predicted molar refractivity (Wildman–Crippen MR) is 96.4 cm³/mol. The summed E-state index contributed by atoms with van der Waals surface area (Å²) in [6, 6.07) is 24.1. The number of rotatable bonds is 3. The second kappa shape index (κ2) is 6.80. The Labute approximate surface area is 143 Å². The van der Waals surface area contributed by atoms with Crippen LogP contribution in [0.3, 0.4) is 0 Å². The van der Waals surface area contributed by atoms with Crippen LogP contribution < -0.4 is 0 Å². The molecule has 0 saturated carbocycles. The average Bonchev–Trinajstić information content (AvgIpc) is 2.62. The lowest BCUT2D eigenvalue weighted by Crippen LogP contribution is -2.00. The zero-order chi connectivity index (χ0) is 16.2. The Morgan fingerprint density at radius 1 is 0.696 bits per heavy atom. The van der Waals surface area contributed by atoms with Crippen molar-refractivity contribution in [1.29, 1.82) is 0 Å². The molecule has 3 rings (SSSR count). The first-order chi connectivity index (χ1) is 11.2. The second-order valence-electron chi connectivity index (χ2n) is 5.15. The van der Waals surface area contributed by atoms with E-state index in [4.69, 9.17) is 4.74 Å². The fraction of sp³-hybridized carbons (Fsp3) is 0.0500. The van der Waals surface area contributed by atoms with E-state index in [1.807, 2.05) is 24.3 Å². The van der Waals surface area contributed by atoms with Crippen molar-refractivity contribution in [3.63, 3.8) is 0 Å². The summed E-state index contributed by atoms with van der Waals surface area (Å²) in [5, 5.41) is 0. The maximum absolute atomic E-state index is 11.5. The van der Waals surface area contributed by atoms with Crippen LogP contribution in [0, 0.1) is 0 Å². The van der Waals surface area contributed by atoms with Crippen molar-refractivity contribution in [2.24, 2.45) is 0 Å². The van der Waals surface area contributed by atoms with E-state index in [-0.39, 0.29) is 5.97 Å². The topological polar surface area (TPSA) is 26.3 Å². The molecule has 0 fully saturated rings. The van der Waals surface area contributed by atoms with Crippen LogP contribution in [0.15, 0.2) is 77.3 Å². The monoisotopic (exact) mass is 366 g/mol. The van der Waals surface area contributed by atoms with Crippen molar-refractivity contribution < 1.29 is 9.53 Å². The first-order valence-corrected chi connectivity index (χ1v) is 8.01. The Balaban J connectivity index is 1.84. The van der Waals surface area contributed by atoms with Gasteiger partial charge in [0, 0.05) is 4.47 Å². The number of carbonyl (C=O) groups excluding carboxylic acids is 1. The zero-order valence-electron chi connectivity index (χ0n) is 12.6. The Kier molecular flexibility index (Phi) is 4.58. The number of carbonyl (C=O) groups is 1. The van der Waals surface area contributed by atoms with Crippen molar-refractivity contribution in [1.82, 2.24) is 0 Å². The van der Waals surface area contributed by atoms with Crippen LogP contribution in [-0.4, -0.2) is 13.1 Å². The molecule has 0 heterocycles. The lowest BCUT2D eigenvalue weighted by molar-refractivity contribution is 0.0601. The quantitative estimate of drug-likeness (QED) is 0.566. The van der Waals surface area contributed by atoms with Gasteiger partial charge in [-0.15, -0.1) is 0 Å². The summed E-state index contributed by atoms with van der Waals surface area (Å²) in [7, 11) is 1.39. The predicted octanol–water partition coefficient (Wildman–Crippen LogP) is 5.57. The zero-order valence-corrected chi connectivity index (χ0v) is 14.2. The van der Waals surface area contributed by atoms with Crippen LogP contribution in [0.25, 0.3) is 22.3 Å². The smallest absolute Gasteiger partial charge is 0.337 e. The van der Waals surface area contributed by atoms with Gasteiger partial charge >= 0.3 is 5.97 Å². The molecule has 0 aromatic heterocycles. The lowest BCUT2D eigenvalue weighted by Gasteiger charge is -2.06. The summed E-state index contributed by atoms with van der Waals surface area (Å²) < 4.78 is 5.79. The molecule has 0 unspecified atom stereocenters. The van der Waals surface area contributed by atoms with Crippen LogP contribution in [0.5, 0.6) is 0 Å². The number of methoxy groups -OCH3 is 1. The van der Waals surface area contributed by atoms with Gasteiger partial charge < -0.3 is 4.74 Å². The molecule has 23 heavy (non-hydrogen) atoms. The van der Waals surface area contributed by atoms with E-state index in [1.54, 1.807) is 12.1 Å². The van der Waals surface area contributed by atoms with E-state index in [2.05, 4.69) is 52.3 Å². The van der Waals surface area contributed by atoms with Gasteiger partial charge in [0.05, 0.1) is 12.7 Å². The van der Waals surface area contributed by atoms with E-state index >= 15 is 0 Å². The first kappa shape index (κ1) is 15.5. The third-order valence-corrected chi connectivity index (χ3v) is 4.23. The third-order valence-electron chi connectivity index (χ3n) is 3.70. The Morgan fingerprint density at radius 2 is 1.04 bits per heavy atom. The standard InChI is InChI=1S/C20H15BrO2/c1-23-20(22)18-8-6-16(7-9-18)14-2-4-15(5-3-14)17-10-12-19(21)13-11-17/h2-13H,1H3. The summed E-state index contributed by atoms with van der Waals surface area (Å²) in [5.74, 6) is -0.317. The highest BCUT2D eigenvalue weighted by Crippen LogP contribution is 2.26. The van der Waals surface area contributed by atoms with Gasteiger partial charge in [-0.05, 0) is 46.5 Å². The molecule has 3 aromatic carbocycles. The van der Waals surface area contributed by atoms with Crippen molar-refractivity contribution in [2.75, 3.05) is 7.11 Å². The summed E-state index contributed by atoms with van der Waals surface area (Å²) >= 11 is 3.45. The highest BCUT2D eigenvalue weighted by Gasteiger charge is 2.05. The molecule has 0 radical (unpaired) electrons. The van der Waals surface area contributed by atoms with Gasteiger partial charge in [-0.2, -0.15) is 0 Å². The first-order valence-electron chi connectivity index (χ1n) is 7.22. The van der Waals surface area contributed by atoms with Gasteiger partial charge in [0.15, 0.2) is 0 Å². The van der Waals surface area contributed by atoms with Gasteiger partial charge in [-0.25, -0.2) is 4.79 Å². The molecular weight excluding hydrogens is 352 g/mol. The van der Waals surface area contributed by atoms with E-state index in [0.29, 0.717) is 5.56 Å². The number of halogens is 1. The molecule has 0 aliphatic rings. The van der Waals surface area contributed by atoms with Crippen molar-refractivity contribution >= 4 is 21.9 Å². The molecule has 3 heteroatoms. The molecule has 0 amide bonds. The van der Waals surface area contributed by atoms with Gasteiger partial charge in [-0.1, -0.05) is 64.5 Å². The van der Waals surface area contributed by atoms with Gasteiger partial charge in [0.2, 0.25) is 0 Å². The molecule has 114 valence electrons. The minimum Gasteiger partial charge on any atom is -0.465 e. The van der Waals surface area contributed by atoms with E-state index in [0.717, 1.165) is 15.6 Å². The maximum Gasteiger partial charge on any atom is 0.337 e. The van der Waals surface area contributed by atoms with Gasteiger partial charge in [0.25, 0.3) is 0 Å². The molecular formula is C20H15BrO2. The van der Waals surface area contributed by atoms with Crippen molar-refractivity contribution in [3.05, 3.63) is 82.8 Å². The molecule has 0 aliphatic carbocycles. The number of esters is 1. The summed E-state index contributed by atoms with van der Waals surface area (Å²) in [5.41, 5.74) is 5.10. The summed E-state index contributed by atoms with van der Waals surface area (Å²) in [4.78, 5) is 11.5. The molecule has 0 aliphatic heterocycles. The largest absolute Gasteiger partial charge is 0.465 e. The third kappa shape index (κ3) is 3.51. The Morgan fingerprint density at radius 3 is 1.43 bits per heavy atom. The summed E-state index contributed by atoms with van der Waals surface area (Å²) in [6.45, 7) is 0. The number of hydrogen-bond acceptors (Lipinski definition) is 2. The normalized spacial score (nSPS) is 10.3. The second-order valence-corrected chi connectivity index (χ2v) is 6.07. The molecule has 2 nitrogen and oxygen atoms in total. The minimum absolute atomic E-state index is 0.317. The highest BCUT2D eigenvalue weighted by atomic mass is 79.9. The highest BCUT2D eigenvalue weighted by molar-refractivity contribution is 9.10. The van der Waals surface area contributed by atoms with Crippen LogP contribution in [-0.2, 0) is 4.74 Å². The lowest BCUT2D eigenvalue weighted by atomic mass is 10.00. The van der Waals surface area contributed by atoms with E-state index in [9.17, 15) is 4.79 Å². The van der Waals surface area contributed by atoms with E-state index < -0.39 is 0 Å². The van der Waals surface area contributed by atoms with Crippen LogP contribution in [0.2, 0.25) is 0 Å². The van der Waals surface area contributed by atoms with Crippen LogP contribution in [0.1, 0.15) is 10.4 Å².